The van der Waals surface area contributed by atoms with Crippen molar-refractivity contribution < 1.29 is 39.2 Å². The van der Waals surface area contributed by atoms with Crippen molar-refractivity contribution in [2.75, 3.05) is 13.2 Å². The monoisotopic (exact) mass is 418 g/mol. The minimum Gasteiger partial charge on any atom is -0.481 e. The first-order valence-electron chi connectivity index (χ1n) is 10.8. The number of carboxylic acid groups (broad SMARTS) is 1. The Morgan fingerprint density at radius 3 is 1.76 bits per heavy atom. The van der Waals surface area contributed by atoms with Crippen LogP contribution in [0.3, 0.4) is 0 Å². The van der Waals surface area contributed by atoms with E-state index in [2.05, 4.69) is 11.7 Å². The molecular formula is C21H38O8. The van der Waals surface area contributed by atoms with Crippen molar-refractivity contribution in [2.45, 2.75) is 103 Å². The van der Waals surface area contributed by atoms with Gasteiger partial charge in [0.2, 0.25) is 0 Å². The topological polar surface area (TPSA) is 130 Å². The average Bonchev–Trinajstić information content (AvgIpc) is 2.68. The third-order valence-corrected chi connectivity index (χ3v) is 4.48. The summed E-state index contributed by atoms with van der Waals surface area (Å²) in [4.78, 5) is 33.3. The van der Waals surface area contributed by atoms with Gasteiger partial charge in [-0.2, -0.15) is 0 Å². The van der Waals surface area contributed by atoms with Crippen molar-refractivity contribution in [1.29, 1.82) is 0 Å². The normalized spacial score (nSPS) is 12.9. The highest BCUT2D eigenvalue weighted by atomic mass is 16.6. The number of hydrogen-bond donors (Lipinski definition) is 3. The van der Waals surface area contributed by atoms with Crippen molar-refractivity contribution >= 4 is 17.9 Å². The number of carbonyl (C=O) groups excluding carboxylic acids is 2. The molecule has 8 nitrogen and oxygen atoms in total. The van der Waals surface area contributed by atoms with E-state index >= 15 is 0 Å². The van der Waals surface area contributed by atoms with Gasteiger partial charge in [0.15, 0.2) is 6.10 Å². The van der Waals surface area contributed by atoms with Crippen molar-refractivity contribution in [3.05, 3.63) is 0 Å². The van der Waals surface area contributed by atoms with Gasteiger partial charge in [0.25, 0.3) is 0 Å². The zero-order valence-corrected chi connectivity index (χ0v) is 17.6. The first kappa shape index (κ1) is 27.3. The Balaban J connectivity index is 3.54. The highest BCUT2D eigenvalue weighted by Gasteiger charge is 2.21. The molecule has 0 radical (unpaired) electrons. The summed E-state index contributed by atoms with van der Waals surface area (Å²) in [7, 11) is 0. The van der Waals surface area contributed by atoms with Crippen LogP contribution in [0.15, 0.2) is 0 Å². The molecule has 0 aliphatic heterocycles. The summed E-state index contributed by atoms with van der Waals surface area (Å²) in [5.74, 6) is -2.90. The van der Waals surface area contributed by atoms with Crippen LogP contribution in [-0.4, -0.2) is 58.6 Å². The second-order valence-electron chi connectivity index (χ2n) is 7.37. The van der Waals surface area contributed by atoms with Gasteiger partial charge in [-0.1, -0.05) is 71.1 Å². The highest BCUT2D eigenvalue weighted by molar-refractivity contribution is 5.80. The molecule has 3 N–H and O–H groups in total. The number of aliphatic hydroxyl groups is 2. The molecule has 0 bridgehead atoms. The Morgan fingerprint density at radius 1 is 0.759 bits per heavy atom. The van der Waals surface area contributed by atoms with Gasteiger partial charge in [0.1, 0.15) is 19.3 Å². The van der Waals surface area contributed by atoms with Crippen LogP contribution in [0.2, 0.25) is 0 Å². The summed E-state index contributed by atoms with van der Waals surface area (Å²) in [5.41, 5.74) is 0. The van der Waals surface area contributed by atoms with E-state index in [1.807, 2.05) is 0 Å². The number of carboxylic acids is 1. The minimum absolute atomic E-state index is 0.279. The van der Waals surface area contributed by atoms with E-state index in [4.69, 9.17) is 9.84 Å². The quantitative estimate of drug-likeness (QED) is 0.216. The first-order valence-corrected chi connectivity index (χ1v) is 10.8. The van der Waals surface area contributed by atoms with Gasteiger partial charge in [-0.25, -0.2) is 4.79 Å². The van der Waals surface area contributed by atoms with Crippen LogP contribution in [0.25, 0.3) is 0 Å². The van der Waals surface area contributed by atoms with Gasteiger partial charge in [0.05, 0.1) is 6.42 Å². The molecule has 0 aliphatic carbocycles. The average molecular weight is 419 g/mol. The zero-order valence-electron chi connectivity index (χ0n) is 17.6. The van der Waals surface area contributed by atoms with Gasteiger partial charge in [0, 0.05) is 6.42 Å². The summed E-state index contributed by atoms with van der Waals surface area (Å²) >= 11 is 0. The van der Waals surface area contributed by atoms with E-state index in [0.717, 1.165) is 19.3 Å². The molecule has 0 aromatic heterocycles. The number of ether oxygens (including phenoxy) is 2. The summed E-state index contributed by atoms with van der Waals surface area (Å²) in [6.45, 7) is 1.41. The van der Waals surface area contributed by atoms with Crippen molar-refractivity contribution in [2.24, 2.45) is 0 Å². The predicted octanol–water partition coefficient (Wildman–Crippen LogP) is 2.97. The summed E-state index contributed by atoms with van der Waals surface area (Å²) in [6.07, 6.45) is 9.56. The molecule has 2 unspecified atom stereocenters. The van der Waals surface area contributed by atoms with Crippen LogP contribution in [0.1, 0.15) is 90.4 Å². The van der Waals surface area contributed by atoms with Crippen molar-refractivity contribution in [3.63, 3.8) is 0 Å². The van der Waals surface area contributed by atoms with Gasteiger partial charge in [-0.05, 0) is 6.42 Å². The third kappa shape index (κ3) is 18.1. The highest BCUT2D eigenvalue weighted by Crippen LogP contribution is 2.12. The summed E-state index contributed by atoms with van der Waals surface area (Å²) in [6, 6.07) is 0. The number of hydrogen-bond acceptors (Lipinski definition) is 7. The second kappa shape index (κ2) is 18.4. The Labute approximate surface area is 173 Å². The molecule has 8 heteroatoms. The second-order valence-corrected chi connectivity index (χ2v) is 7.37. The smallest absolute Gasteiger partial charge is 0.335 e. The Morgan fingerprint density at radius 2 is 1.24 bits per heavy atom. The molecule has 0 aromatic carbocycles. The van der Waals surface area contributed by atoms with Crippen LogP contribution in [-0.2, 0) is 23.9 Å². The number of aliphatic hydroxyl groups excluding tert-OH is 2. The Bertz CT molecular complexity index is 452. The molecule has 0 saturated carbocycles. The van der Waals surface area contributed by atoms with E-state index in [-0.39, 0.29) is 13.0 Å². The zero-order chi connectivity index (χ0) is 21.9. The summed E-state index contributed by atoms with van der Waals surface area (Å²) in [5, 5.41) is 27.3. The molecule has 29 heavy (non-hydrogen) atoms. The standard InChI is InChI=1S/C21H38O8/c1-2-3-4-5-6-7-8-9-10-11-12-13-20(26)28-15-17(22)16-29-21(27)18(23)14-19(24)25/h17-18,22-23H,2-16H2,1H3,(H,24,25). The third-order valence-electron chi connectivity index (χ3n) is 4.48. The minimum atomic E-state index is -1.79. The molecule has 0 aromatic rings. The lowest BCUT2D eigenvalue weighted by molar-refractivity contribution is -0.162. The number of carbonyl (C=O) groups is 3. The largest absolute Gasteiger partial charge is 0.481 e. The molecule has 0 rings (SSSR count). The predicted molar refractivity (Wildman–Crippen MR) is 107 cm³/mol. The van der Waals surface area contributed by atoms with Gasteiger partial charge >= 0.3 is 17.9 Å². The van der Waals surface area contributed by atoms with Gasteiger partial charge in [-0.15, -0.1) is 0 Å². The van der Waals surface area contributed by atoms with Crippen molar-refractivity contribution in [3.8, 4) is 0 Å². The molecule has 0 spiro atoms. The molecular weight excluding hydrogens is 380 g/mol. The lowest BCUT2D eigenvalue weighted by Crippen LogP contribution is -2.31. The van der Waals surface area contributed by atoms with E-state index in [1.54, 1.807) is 0 Å². The number of unbranched alkanes of at least 4 members (excludes halogenated alkanes) is 10. The fourth-order valence-corrected chi connectivity index (χ4v) is 2.77. The van der Waals surface area contributed by atoms with Gasteiger partial charge < -0.3 is 24.8 Å². The number of rotatable bonds is 19. The maximum atomic E-state index is 11.6. The fraction of sp³-hybridized carbons (Fsp3) is 0.857. The van der Waals surface area contributed by atoms with Crippen LogP contribution in [0.5, 0.6) is 0 Å². The van der Waals surface area contributed by atoms with E-state index in [0.29, 0.717) is 0 Å². The molecule has 0 saturated heterocycles. The molecule has 170 valence electrons. The van der Waals surface area contributed by atoms with E-state index in [1.165, 1.54) is 51.4 Å². The van der Waals surface area contributed by atoms with Crippen LogP contribution >= 0.6 is 0 Å². The molecule has 0 fully saturated rings. The Hall–Kier alpha value is -1.67. The molecule has 2 atom stereocenters. The van der Waals surface area contributed by atoms with Crippen LogP contribution in [0, 0.1) is 0 Å². The lowest BCUT2D eigenvalue weighted by atomic mass is 10.1. The summed E-state index contributed by atoms with van der Waals surface area (Å²) < 4.78 is 9.49. The fourth-order valence-electron chi connectivity index (χ4n) is 2.77. The van der Waals surface area contributed by atoms with Gasteiger partial charge in [-0.3, -0.25) is 9.59 Å². The van der Waals surface area contributed by atoms with Crippen LogP contribution < -0.4 is 0 Å². The molecule has 0 aliphatic rings. The van der Waals surface area contributed by atoms with Crippen LogP contribution in [0.4, 0.5) is 0 Å². The maximum absolute atomic E-state index is 11.6. The SMILES string of the molecule is CCCCCCCCCCCCCC(=O)OCC(O)COC(=O)C(O)CC(=O)O. The lowest BCUT2D eigenvalue weighted by Gasteiger charge is -2.13. The van der Waals surface area contributed by atoms with Crippen molar-refractivity contribution in [1.82, 2.24) is 0 Å². The molecule has 0 heterocycles. The molecule has 0 amide bonds. The van der Waals surface area contributed by atoms with E-state index in [9.17, 15) is 24.6 Å². The maximum Gasteiger partial charge on any atom is 0.335 e. The first-order chi connectivity index (χ1) is 13.9. The number of aliphatic carboxylic acids is 1. The van der Waals surface area contributed by atoms with E-state index < -0.39 is 43.1 Å². The Kier molecular flexibility index (Phi) is 17.3. The number of esters is 2.